The van der Waals surface area contributed by atoms with Gasteiger partial charge in [-0.05, 0) is 42.2 Å². The molecule has 5 atom stereocenters. The van der Waals surface area contributed by atoms with E-state index in [0.717, 1.165) is 16.9 Å². The summed E-state index contributed by atoms with van der Waals surface area (Å²) in [6, 6.07) is 17.6. The molecule has 3 rings (SSSR count). The molecular weight excluding hydrogens is 540 g/mol. The van der Waals surface area contributed by atoms with Crippen LogP contribution in [0.15, 0.2) is 66.2 Å². The molecule has 2 aromatic rings. The van der Waals surface area contributed by atoms with E-state index in [1.54, 1.807) is 7.11 Å². The maximum atomic E-state index is 12.4. The van der Waals surface area contributed by atoms with Crippen LogP contribution in [0.1, 0.15) is 51.7 Å². The molecule has 0 saturated carbocycles. The molecule has 0 spiro atoms. The average Bonchev–Trinajstić information content (AvgIpc) is 2.99. The highest BCUT2D eigenvalue weighted by Gasteiger charge is 2.53. The van der Waals surface area contributed by atoms with Crippen molar-refractivity contribution < 1.29 is 42.7 Å². The van der Waals surface area contributed by atoms with Gasteiger partial charge in [0.05, 0.1) is 45.7 Å². The van der Waals surface area contributed by atoms with Crippen LogP contribution < -0.4 is 4.74 Å². The first-order valence-corrected chi connectivity index (χ1v) is 14.2. The number of rotatable bonds is 14. The summed E-state index contributed by atoms with van der Waals surface area (Å²) in [7, 11) is 4.44. The van der Waals surface area contributed by atoms with Gasteiger partial charge < -0.3 is 33.2 Å². The summed E-state index contributed by atoms with van der Waals surface area (Å²) in [6.07, 6.45) is 0.0318. The topological polar surface area (TPSA) is 98.8 Å². The minimum atomic E-state index is -1.33. The largest absolute Gasteiger partial charge is 0.497 e. The minimum absolute atomic E-state index is 0.235. The lowest BCUT2D eigenvalue weighted by Crippen LogP contribution is -2.59. The van der Waals surface area contributed by atoms with Gasteiger partial charge in [-0.3, -0.25) is 4.79 Å². The number of methoxy groups -OCH3 is 3. The van der Waals surface area contributed by atoms with Crippen LogP contribution in [-0.2, 0) is 51.2 Å². The third-order valence-electron chi connectivity index (χ3n) is 7.43. The maximum absolute atomic E-state index is 12.4. The fraction of sp³-hybridized carbons (Fsp3) is 0.515. The Morgan fingerprint density at radius 1 is 0.952 bits per heavy atom. The van der Waals surface area contributed by atoms with E-state index in [4.69, 9.17) is 33.2 Å². The van der Waals surface area contributed by atoms with Gasteiger partial charge in [-0.15, -0.1) is 0 Å². The Kier molecular flexibility index (Phi) is 12.5. The smallest absolute Gasteiger partial charge is 0.330 e. The highest BCUT2D eigenvalue weighted by molar-refractivity contribution is 5.83. The van der Waals surface area contributed by atoms with Gasteiger partial charge >= 0.3 is 11.9 Å². The SMILES string of the molecule is COC(=O)/C=C1\C[C@@H](C[C@H](OCc2ccc(OC)cc2)[C@H](C)OCc2ccccc2)O[C@@](OC)(C(C)C)[C@H]1OC(C)=O. The Bertz CT molecular complexity index is 1160. The summed E-state index contributed by atoms with van der Waals surface area (Å²) >= 11 is 0. The van der Waals surface area contributed by atoms with Gasteiger partial charge in [0.2, 0.25) is 5.79 Å². The van der Waals surface area contributed by atoms with Gasteiger partial charge in [-0.1, -0.05) is 56.3 Å². The maximum Gasteiger partial charge on any atom is 0.330 e. The van der Waals surface area contributed by atoms with Crippen molar-refractivity contribution in [2.45, 2.75) is 84.0 Å². The van der Waals surface area contributed by atoms with Gasteiger partial charge in [-0.25, -0.2) is 4.79 Å². The molecule has 0 radical (unpaired) electrons. The van der Waals surface area contributed by atoms with Crippen molar-refractivity contribution in [2.24, 2.45) is 5.92 Å². The fourth-order valence-electron chi connectivity index (χ4n) is 5.11. The summed E-state index contributed by atoms with van der Waals surface area (Å²) in [4.78, 5) is 24.5. The second-order valence-electron chi connectivity index (χ2n) is 10.7. The van der Waals surface area contributed by atoms with E-state index in [2.05, 4.69) is 0 Å². The average molecular weight is 585 g/mol. The van der Waals surface area contributed by atoms with Crippen LogP contribution in [0.4, 0.5) is 0 Å². The molecule has 1 saturated heterocycles. The third-order valence-corrected chi connectivity index (χ3v) is 7.43. The molecule has 0 unspecified atom stereocenters. The van der Waals surface area contributed by atoms with E-state index < -0.39 is 29.9 Å². The van der Waals surface area contributed by atoms with Crippen molar-refractivity contribution in [1.29, 1.82) is 0 Å². The second kappa shape index (κ2) is 15.8. The predicted molar refractivity (Wildman–Crippen MR) is 157 cm³/mol. The van der Waals surface area contributed by atoms with Gasteiger partial charge in [0.25, 0.3) is 0 Å². The Hall–Kier alpha value is -3.24. The standard InChI is InChI=1S/C33H44O9/c1-22(2)33(38-7)32(41-24(4)34)27(18-31(35)37-6)17-29(42-33)19-30(23(3)39-20-25-11-9-8-10-12-25)40-21-26-13-15-28(36-5)16-14-26/h8-16,18,22-23,29-30,32H,17,19-21H2,1-7H3/b27-18+/t23-,29-,30-,32-,33-/m0/s1. The van der Waals surface area contributed by atoms with E-state index in [-0.39, 0.29) is 18.1 Å². The van der Waals surface area contributed by atoms with Crippen LogP contribution in [0.25, 0.3) is 0 Å². The normalized spacial score (nSPS) is 22.9. The summed E-state index contributed by atoms with van der Waals surface area (Å²) in [5, 5.41) is 0. The molecule has 2 aromatic carbocycles. The number of ether oxygens (including phenoxy) is 7. The monoisotopic (exact) mass is 584 g/mol. The zero-order chi connectivity index (χ0) is 30.7. The number of hydrogen-bond acceptors (Lipinski definition) is 9. The second-order valence-corrected chi connectivity index (χ2v) is 10.7. The zero-order valence-corrected chi connectivity index (χ0v) is 25.7. The number of esters is 2. The van der Waals surface area contributed by atoms with Crippen molar-refractivity contribution in [3.8, 4) is 5.75 Å². The van der Waals surface area contributed by atoms with Crippen molar-refractivity contribution in [2.75, 3.05) is 21.3 Å². The molecule has 1 aliphatic heterocycles. The van der Waals surface area contributed by atoms with Crippen LogP contribution in [0.5, 0.6) is 5.75 Å². The highest BCUT2D eigenvalue weighted by atomic mass is 16.7. The Morgan fingerprint density at radius 2 is 1.60 bits per heavy atom. The summed E-state index contributed by atoms with van der Waals surface area (Å²) in [6.45, 7) is 7.90. The van der Waals surface area contributed by atoms with E-state index in [9.17, 15) is 9.59 Å². The first kappa shape index (κ1) is 33.3. The molecule has 0 aromatic heterocycles. The predicted octanol–water partition coefficient (Wildman–Crippen LogP) is 5.39. The van der Waals surface area contributed by atoms with Gasteiger partial charge in [0.15, 0.2) is 6.10 Å². The third kappa shape index (κ3) is 8.88. The lowest BCUT2D eigenvalue weighted by Gasteiger charge is -2.49. The molecule has 0 aliphatic carbocycles. The lowest BCUT2D eigenvalue weighted by atomic mass is 9.83. The molecular formula is C33H44O9. The molecule has 0 amide bonds. The Labute approximate surface area is 249 Å². The number of benzene rings is 2. The van der Waals surface area contributed by atoms with E-state index in [1.165, 1.54) is 27.2 Å². The number of hydrogen-bond donors (Lipinski definition) is 0. The van der Waals surface area contributed by atoms with Crippen LogP contribution >= 0.6 is 0 Å². The Morgan fingerprint density at radius 3 is 2.17 bits per heavy atom. The van der Waals surface area contributed by atoms with Gasteiger partial charge in [0, 0.05) is 32.4 Å². The molecule has 0 N–H and O–H groups in total. The van der Waals surface area contributed by atoms with E-state index in [1.807, 2.05) is 75.4 Å². The van der Waals surface area contributed by atoms with Crippen molar-refractivity contribution in [3.63, 3.8) is 0 Å². The van der Waals surface area contributed by atoms with E-state index in [0.29, 0.717) is 31.6 Å². The summed E-state index contributed by atoms with van der Waals surface area (Å²) < 4.78 is 41.2. The van der Waals surface area contributed by atoms with E-state index >= 15 is 0 Å². The van der Waals surface area contributed by atoms with Crippen molar-refractivity contribution in [3.05, 3.63) is 77.4 Å². The first-order valence-electron chi connectivity index (χ1n) is 14.2. The number of carbonyl (C=O) groups is 2. The number of carbonyl (C=O) groups excluding carboxylic acids is 2. The van der Waals surface area contributed by atoms with Crippen molar-refractivity contribution >= 4 is 11.9 Å². The molecule has 42 heavy (non-hydrogen) atoms. The summed E-state index contributed by atoms with van der Waals surface area (Å²) in [5.41, 5.74) is 2.59. The van der Waals surface area contributed by atoms with Crippen LogP contribution in [-0.4, -0.2) is 63.5 Å². The molecule has 1 heterocycles. The van der Waals surface area contributed by atoms with Gasteiger partial charge in [0.1, 0.15) is 5.75 Å². The first-order chi connectivity index (χ1) is 20.1. The molecule has 9 heteroatoms. The molecule has 230 valence electrons. The minimum Gasteiger partial charge on any atom is -0.497 e. The fourth-order valence-corrected chi connectivity index (χ4v) is 5.11. The zero-order valence-electron chi connectivity index (χ0n) is 25.7. The van der Waals surface area contributed by atoms with Crippen LogP contribution in [0.3, 0.4) is 0 Å². The van der Waals surface area contributed by atoms with Crippen molar-refractivity contribution in [1.82, 2.24) is 0 Å². The molecule has 1 aliphatic rings. The lowest BCUT2D eigenvalue weighted by molar-refractivity contribution is -0.322. The van der Waals surface area contributed by atoms with Gasteiger partial charge in [-0.2, -0.15) is 0 Å². The van der Waals surface area contributed by atoms with Crippen LogP contribution in [0, 0.1) is 5.92 Å². The van der Waals surface area contributed by atoms with Crippen LogP contribution in [0.2, 0.25) is 0 Å². The summed E-state index contributed by atoms with van der Waals surface area (Å²) in [5.74, 6) is -1.86. The molecule has 9 nitrogen and oxygen atoms in total. The molecule has 1 fully saturated rings. The Balaban J connectivity index is 1.89. The molecule has 0 bridgehead atoms. The quantitative estimate of drug-likeness (QED) is 0.214. The highest BCUT2D eigenvalue weighted by Crippen LogP contribution is 2.42.